The van der Waals surface area contributed by atoms with Crippen molar-refractivity contribution in [1.29, 1.82) is 0 Å². The minimum Gasteiger partial charge on any atom is -0.489 e. The lowest BCUT2D eigenvalue weighted by Gasteiger charge is -2.06. The highest BCUT2D eigenvalue weighted by molar-refractivity contribution is 5.86. The van der Waals surface area contributed by atoms with Crippen LogP contribution in [-0.2, 0) is 6.61 Å². The molecular weight excluding hydrogens is 256 g/mol. The topological polar surface area (TPSA) is 59.7 Å². The fourth-order valence-electron chi connectivity index (χ4n) is 2.06. The highest BCUT2D eigenvalue weighted by Crippen LogP contribution is 2.22. The van der Waals surface area contributed by atoms with Crippen molar-refractivity contribution in [2.45, 2.75) is 6.61 Å². The third kappa shape index (κ3) is 2.36. The fraction of sp³-hybridized carbons (Fsp3) is 0.0625. The molecule has 0 unspecified atom stereocenters. The monoisotopic (exact) mass is 268 g/mol. The van der Waals surface area contributed by atoms with Gasteiger partial charge in [-0.1, -0.05) is 30.3 Å². The molecule has 0 aliphatic heterocycles. The van der Waals surface area contributed by atoms with Gasteiger partial charge in [0.1, 0.15) is 12.4 Å². The van der Waals surface area contributed by atoms with Gasteiger partial charge < -0.3 is 14.3 Å². The van der Waals surface area contributed by atoms with Crippen LogP contribution in [-0.4, -0.2) is 11.1 Å². The lowest BCUT2D eigenvalue weighted by molar-refractivity contribution is 0.0658. The summed E-state index contributed by atoms with van der Waals surface area (Å²) < 4.78 is 10.5. The lowest BCUT2D eigenvalue weighted by Crippen LogP contribution is -2.02. The Balaban J connectivity index is 1.79. The molecule has 0 spiro atoms. The molecule has 2 aromatic carbocycles. The molecule has 0 aliphatic carbocycles. The van der Waals surface area contributed by atoms with Gasteiger partial charge in [0.15, 0.2) is 0 Å². The first-order valence-corrected chi connectivity index (χ1v) is 6.15. The van der Waals surface area contributed by atoms with Crippen LogP contribution < -0.4 is 4.74 Å². The van der Waals surface area contributed by atoms with Crippen LogP contribution in [0.2, 0.25) is 0 Å². The van der Waals surface area contributed by atoms with Crippen molar-refractivity contribution < 1.29 is 19.1 Å². The van der Waals surface area contributed by atoms with Gasteiger partial charge in [0, 0.05) is 5.56 Å². The van der Waals surface area contributed by atoms with E-state index in [4.69, 9.17) is 14.3 Å². The maximum Gasteiger partial charge on any atom is 0.372 e. The van der Waals surface area contributed by atoms with Crippen molar-refractivity contribution in [2.24, 2.45) is 0 Å². The van der Waals surface area contributed by atoms with E-state index in [1.165, 1.54) is 6.26 Å². The second-order valence-electron chi connectivity index (χ2n) is 4.38. The Bertz CT molecular complexity index is 758. The predicted molar refractivity (Wildman–Crippen MR) is 73.9 cm³/mol. The minimum absolute atomic E-state index is 0.0780. The quantitative estimate of drug-likeness (QED) is 0.783. The summed E-state index contributed by atoms with van der Waals surface area (Å²) in [7, 11) is 0. The molecule has 3 rings (SSSR count). The molecule has 3 aromatic rings. The van der Waals surface area contributed by atoms with Gasteiger partial charge >= 0.3 is 5.97 Å². The summed E-state index contributed by atoms with van der Waals surface area (Å²) in [6, 6.07) is 15.3. The number of benzene rings is 2. The van der Waals surface area contributed by atoms with Crippen LogP contribution >= 0.6 is 0 Å². The van der Waals surface area contributed by atoms with Crippen molar-refractivity contribution in [3.05, 3.63) is 66.1 Å². The van der Waals surface area contributed by atoms with Crippen LogP contribution in [0, 0.1) is 0 Å². The Morgan fingerprint density at radius 1 is 1.10 bits per heavy atom. The Morgan fingerprint density at radius 2 is 1.90 bits per heavy atom. The average molecular weight is 268 g/mol. The zero-order chi connectivity index (χ0) is 13.9. The van der Waals surface area contributed by atoms with Crippen molar-refractivity contribution in [3.8, 4) is 5.75 Å². The number of ether oxygens (including phenoxy) is 1. The van der Waals surface area contributed by atoms with E-state index in [9.17, 15) is 4.79 Å². The Kier molecular flexibility index (Phi) is 3.13. The molecule has 0 fully saturated rings. The molecule has 20 heavy (non-hydrogen) atoms. The van der Waals surface area contributed by atoms with E-state index < -0.39 is 5.97 Å². The Hall–Kier alpha value is -2.75. The second kappa shape index (κ2) is 5.09. The van der Waals surface area contributed by atoms with Gasteiger partial charge in [-0.2, -0.15) is 0 Å². The molecule has 0 saturated carbocycles. The van der Waals surface area contributed by atoms with Crippen LogP contribution in [0.1, 0.15) is 16.1 Å². The van der Waals surface area contributed by atoms with Crippen LogP contribution in [0.4, 0.5) is 0 Å². The summed E-state index contributed by atoms with van der Waals surface area (Å²) in [4.78, 5) is 10.9. The molecule has 100 valence electrons. The molecule has 1 aromatic heterocycles. The number of rotatable bonds is 4. The molecule has 0 saturated heterocycles. The Morgan fingerprint density at radius 3 is 2.70 bits per heavy atom. The van der Waals surface area contributed by atoms with Gasteiger partial charge in [-0.05, 0) is 29.0 Å². The van der Waals surface area contributed by atoms with Crippen molar-refractivity contribution in [2.75, 3.05) is 0 Å². The second-order valence-corrected chi connectivity index (χ2v) is 4.38. The van der Waals surface area contributed by atoms with Gasteiger partial charge in [-0.25, -0.2) is 4.79 Å². The summed E-state index contributed by atoms with van der Waals surface area (Å²) in [6.07, 6.45) is 1.35. The van der Waals surface area contributed by atoms with E-state index in [1.54, 1.807) is 6.07 Å². The molecule has 0 atom stereocenters. The first-order chi connectivity index (χ1) is 9.74. The normalized spacial score (nSPS) is 10.6. The van der Waals surface area contributed by atoms with Crippen LogP contribution in [0.25, 0.3) is 10.8 Å². The molecular formula is C16H12O4. The molecule has 4 nitrogen and oxygen atoms in total. The van der Waals surface area contributed by atoms with E-state index >= 15 is 0 Å². The summed E-state index contributed by atoms with van der Waals surface area (Å²) in [5.74, 6) is -0.473. The number of hydrogen-bond acceptors (Lipinski definition) is 3. The third-order valence-electron chi connectivity index (χ3n) is 3.06. The summed E-state index contributed by atoms with van der Waals surface area (Å²) in [5, 5.41) is 11.2. The minimum atomic E-state index is -1.09. The zero-order valence-electron chi connectivity index (χ0n) is 10.6. The van der Waals surface area contributed by atoms with Gasteiger partial charge in [0.05, 0.1) is 6.26 Å². The van der Waals surface area contributed by atoms with Gasteiger partial charge in [-0.15, -0.1) is 0 Å². The average Bonchev–Trinajstić information content (AvgIpc) is 2.93. The highest BCUT2D eigenvalue weighted by atomic mass is 16.5. The molecule has 4 heteroatoms. The maximum atomic E-state index is 10.9. The standard InChI is InChI=1S/C16H12O4/c17-16(18)15-13(7-8-19-15)10-20-14-6-5-11-3-1-2-4-12(11)9-14/h1-9H,10H2,(H,17,18). The first-order valence-electron chi connectivity index (χ1n) is 6.15. The van der Waals surface area contributed by atoms with E-state index in [0.29, 0.717) is 11.3 Å². The summed E-state index contributed by atoms with van der Waals surface area (Å²) in [5.41, 5.74) is 0.519. The number of carboxylic acids is 1. The van der Waals surface area contributed by atoms with Crippen LogP contribution in [0.5, 0.6) is 5.75 Å². The largest absolute Gasteiger partial charge is 0.489 e. The van der Waals surface area contributed by atoms with Gasteiger partial charge in [-0.3, -0.25) is 0 Å². The number of aromatic carboxylic acids is 1. The van der Waals surface area contributed by atoms with Crippen molar-refractivity contribution in [1.82, 2.24) is 0 Å². The number of furan rings is 1. The molecule has 0 radical (unpaired) electrons. The van der Waals surface area contributed by atoms with E-state index in [-0.39, 0.29) is 12.4 Å². The van der Waals surface area contributed by atoms with E-state index in [0.717, 1.165) is 10.8 Å². The van der Waals surface area contributed by atoms with Gasteiger partial charge in [0.2, 0.25) is 5.76 Å². The molecule has 1 heterocycles. The SMILES string of the molecule is O=C(O)c1occc1COc1ccc2ccccc2c1. The smallest absolute Gasteiger partial charge is 0.372 e. The van der Waals surface area contributed by atoms with Crippen LogP contribution in [0.15, 0.2) is 59.2 Å². The predicted octanol–water partition coefficient (Wildman–Crippen LogP) is 3.71. The summed E-state index contributed by atoms with van der Waals surface area (Å²) in [6.45, 7) is 0.163. The number of carboxylic acid groups (broad SMARTS) is 1. The highest BCUT2D eigenvalue weighted by Gasteiger charge is 2.14. The zero-order valence-corrected chi connectivity index (χ0v) is 10.6. The lowest BCUT2D eigenvalue weighted by atomic mass is 10.1. The maximum absolute atomic E-state index is 10.9. The molecule has 1 N–H and O–H groups in total. The molecule has 0 aliphatic rings. The number of fused-ring (bicyclic) bond motifs is 1. The van der Waals surface area contributed by atoms with E-state index in [2.05, 4.69) is 0 Å². The van der Waals surface area contributed by atoms with Gasteiger partial charge in [0.25, 0.3) is 0 Å². The number of hydrogen-bond donors (Lipinski definition) is 1. The van der Waals surface area contributed by atoms with Crippen molar-refractivity contribution in [3.63, 3.8) is 0 Å². The van der Waals surface area contributed by atoms with E-state index in [1.807, 2.05) is 42.5 Å². The third-order valence-corrected chi connectivity index (χ3v) is 3.06. The van der Waals surface area contributed by atoms with Crippen LogP contribution in [0.3, 0.4) is 0 Å². The molecule has 0 amide bonds. The first kappa shape index (κ1) is 12.3. The summed E-state index contributed by atoms with van der Waals surface area (Å²) >= 11 is 0. The van der Waals surface area contributed by atoms with Crippen molar-refractivity contribution >= 4 is 16.7 Å². The Labute approximate surface area is 115 Å². The fourth-order valence-corrected chi connectivity index (χ4v) is 2.06. The molecule has 0 bridgehead atoms. The number of carbonyl (C=O) groups is 1.